The van der Waals surface area contributed by atoms with Gasteiger partial charge in [-0.1, -0.05) is 36.7 Å². The van der Waals surface area contributed by atoms with Gasteiger partial charge in [-0.25, -0.2) is 4.79 Å². The molecular formula is C25H29N5O2. The molecular weight excluding hydrogens is 402 g/mol. The molecule has 0 unspecified atom stereocenters. The van der Waals surface area contributed by atoms with Crippen molar-refractivity contribution in [1.29, 1.82) is 0 Å². The van der Waals surface area contributed by atoms with Crippen LogP contribution < -0.4 is 10.2 Å². The molecule has 2 heterocycles. The molecule has 0 radical (unpaired) electrons. The predicted molar refractivity (Wildman–Crippen MR) is 125 cm³/mol. The molecule has 0 bridgehead atoms. The van der Waals surface area contributed by atoms with Crippen LogP contribution in [-0.2, 0) is 6.42 Å². The summed E-state index contributed by atoms with van der Waals surface area (Å²) in [6.45, 7) is 5.09. The number of carbonyl (C=O) groups excluding carboxylic acids is 1. The highest BCUT2D eigenvalue weighted by Crippen LogP contribution is 2.36. The first-order chi connectivity index (χ1) is 15.7. The van der Waals surface area contributed by atoms with Crippen LogP contribution in [0.3, 0.4) is 0 Å². The molecule has 1 N–H and O–H groups in total. The zero-order chi connectivity index (χ0) is 21.9. The van der Waals surface area contributed by atoms with Crippen molar-refractivity contribution >= 4 is 17.4 Å². The van der Waals surface area contributed by atoms with E-state index in [1.54, 1.807) is 0 Å². The average molecular weight is 432 g/mol. The lowest BCUT2D eigenvalue weighted by Gasteiger charge is -2.36. The fourth-order valence-corrected chi connectivity index (χ4v) is 4.31. The van der Waals surface area contributed by atoms with E-state index in [0.717, 1.165) is 60.7 Å². The monoisotopic (exact) mass is 431 g/mol. The van der Waals surface area contributed by atoms with Gasteiger partial charge in [-0.2, -0.15) is 4.98 Å². The predicted octanol–water partition coefficient (Wildman–Crippen LogP) is 4.92. The summed E-state index contributed by atoms with van der Waals surface area (Å²) >= 11 is 0. The third kappa shape index (κ3) is 4.20. The van der Waals surface area contributed by atoms with Crippen molar-refractivity contribution in [2.24, 2.45) is 0 Å². The van der Waals surface area contributed by atoms with Crippen LogP contribution in [0, 0.1) is 0 Å². The van der Waals surface area contributed by atoms with Crippen LogP contribution in [0.5, 0.6) is 0 Å². The summed E-state index contributed by atoms with van der Waals surface area (Å²) in [6, 6.07) is 16.2. The largest absolute Gasteiger partial charge is 0.368 e. The maximum absolute atomic E-state index is 12.7. The Morgan fingerprint density at radius 1 is 1.06 bits per heavy atom. The molecule has 7 nitrogen and oxygen atoms in total. The number of nitrogens with one attached hydrogen (secondary N) is 1. The van der Waals surface area contributed by atoms with Gasteiger partial charge in [0.05, 0.1) is 0 Å². The standard InChI is InChI=1S/C25H29N5O2/c1-2-18-6-3-4-9-22(18)26-25(31)30-16-14-29(15-17-30)21-12-10-19(11-13-21)23-27-24(32-28-23)20-7-5-8-20/h3-4,6,9-13,20H,2,5,7-8,14-17H2,1H3,(H,26,31). The number of aryl methyl sites for hydroxylation is 1. The molecule has 0 spiro atoms. The van der Waals surface area contributed by atoms with Gasteiger partial charge in [0.1, 0.15) is 0 Å². The van der Waals surface area contributed by atoms with E-state index in [-0.39, 0.29) is 6.03 Å². The second kappa shape index (κ2) is 9.02. The maximum atomic E-state index is 12.7. The van der Waals surface area contributed by atoms with Gasteiger partial charge in [0.25, 0.3) is 0 Å². The van der Waals surface area contributed by atoms with Gasteiger partial charge in [-0.15, -0.1) is 0 Å². The summed E-state index contributed by atoms with van der Waals surface area (Å²) < 4.78 is 5.45. The van der Waals surface area contributed by atoms with E-state index >= 15 is 0 Å². The third-order valence-corrected chi connectivity index (χ3v) is 6.59. The summed E-state index contributed by atoms with van der Waals surface area (Å²) in [6.07, 6.45) is 4.44. The normalized spacial score (nSPS) is 16.7. The van der Waals surface area contributed by atoms with Crippen molar-refractivity contribution < 1.29 is 9.32 Å². The lowest BCUT2D eigenvalue weighted by atomic mass is 9.85. The van der Waals surface area contributed by atoms with Crippen molar-refractivity contribution in [3.8, 4) is 11.4 Å². The average Bonchev–Trinajstić information content (AvgIpc) is 3.28. The molecule has 7 heteroatoms. The number of urea groups is 1. The number of nitrogens with zero attached hydrogens (tertiary/aromatic N) is 4. The summed E-state index contributed by atoms with van der Waals surface area (Å²) in [5.74, 6) is 1.87. The topological polar surface area (TPSA) is 74.5 Å². The van der Waals surface area contributed by atoms with Gasteiger partial charge >= 0.3 is 6.03 Å². The zero-order valence-corrected chi connectivity index (χ0v) is 18.5. The third-order valence-electron chi connectivity index (χ3n) is 6.59. The smallest absolute Gasteiger partial charge is 0.321 e. The summed E-state index contributed by atoms with van der Waals surface area (Å²) in [4.78, 5) is 21.5. The fraction of sp³-hybridized carbons (Fsp3) is 0.400. The highest BCUT2D eigenvalue weighted by atomic mass is 16.5. The van der Waals surface area contributed by atoms with Crippen LogP contribution in [0.15, 0.2) is 53.1 Å². The van der Waals surface area contributed by atoms with E-state index < -0.39 is 0 Å². The van der Waals surface area contributed by atoms with Crippen molar-refractivity contribution in [3.63, 3.8) is 0 Å². The van der Waals surface area contributed by atoms with E-state index in [1.807, 2.05) is 35.2 Å². The van der Waals surface area contributed by atoms with E-state index in [4.69, 9.17) is 4.52 Å². The zero-order valence-electron chi connectivity index (χ0n) is 18.5. The number of para-hydroxylation sites is 1. The SMILES string of the molecule is CCc1ccccc1NC(=O)N1CCN(c2ccc(-c3noc(C4CCC4)n3)cc2)CC1. The van der Waals surface area contributed by atoms with Gasteiger partial charge < -0.3 is 19.6 Å². The van der Waals surface area contributed by atoms with Gasteiger partial charge in [0, 0.05) is 49.0 Å². The number of hydrogen-bond donors (Lipinski definition) is 1. The first kappa shape index (κ1) is 20.5. The molecule has 1 aromatic heterocycles. The van der Waals surface area contributed by atoms with E-state index in [9.17, 15) is 4.79 Å². The van der Waals surface area contributed by atoms with Gasteiger partial charge in [0.15, 0.2) is 0 Å². The number of carbonyl (C=O) groups is 1. The van der Waals surface area contributed by atoms with E-state index in [0.29, 0.717) is 24.8 Å². The first-order valence-corrected chi connectivity index (χ1v) is 11.5. The molecule has 1 aliphatic carbocycles. The Morgan fingerprint density at radius 3 is 2.50 bits per heavy atom. The van der Waals surface area contributed by atoms with Crippen molar-refractivity contribution in [1.82, 2.24) is 15.0 Å². The van der Waals surface area contributed by atoms with Crippen LogP contribution in [-0.4, -0.2) is 47.3 Å². The molecule has 3 aromatic rings. The second-order valence-corrected chi connectivity index (χ2v) is 8.55. The van der Waals surface area contributed by atoms with Crippen LogP contribution in [0.2, 0.25) is 0 Å². The van der Waals surface area contributed by atoms with Crippen molar-refractivity contribution in [2.75, 3.05) is 36.4 Å². The fourth-order valence-electron chi connectivity index (χ4n) is 4.31. The Morgan fingerprint density at radius 2 is 1.81 bits per heavy atom. The minimum atomic E-state index is -0.0275. The molecule has 0 atom stereocenters. The molecule has 2 aliphatic rings. The Balaban J connectivity index is 1.17. The minimum absolute atomic E-state index is 0.0275. The first-order valence-electron chi connectivity index (χ1n) is 11.5. The minimum Gasteiger partial charge on any atom is -0.368 e. The van der Waals surface area contributed by atoms with Crippen molar-refractivity contribution in [2.45, 2.75) is 38.5 Å². The van der Waals surface area contributed by atoms with E-state index in [2.05, 4.69) is 45.5 Å². The molecule has 166 valence electrons. The molecule has 5 rings (SSSR count). The molecule has 2 amide bonds. The highest BCUT2D eigenvalue weighted by Gasteiger charge is 2.26. The Bertz CT molecular complexity index is 1070. The Labute approximate surface area is 188 Å². The number of hydrogen-bond acceptors (Lipinski definition) is 5. The number of anilines is 2. The number of rotatable bonds is 5. The van der Waals surface area contributed by atoms with Crippen LogP contribution in [0.1, 0.15) is 43.6 Å². The van der Waals surface area contributed by atoms with Crippen molar-refractivity contribution in [3.05, 3.63) is 60.0 Å². The molecule has 1 saturated heterocycles. The van der Waals surface area contributed by atoms with Crippen LogP contribution >= 0.6 is 0 Å². The molecule has 1 saturated carbocycles. The molecule has 1 aliphatic heterocycles. The van der Waals surface area contributed by atoms with E-state index in [1.165, 1.54) is 6.42 Å². The number of piperazine rings is 1. The molecule has 32 heavy (non-hydrogen) atoms. The Hall–Kier alpha value is -3.35. The van der Waals surface area contributed by atoms with Gasteiger partial charge in [-0.3, -0.25) is 0 Å². The second-order valence-electron chi connectivity index (χ2n) is 8.55. The summed E-state index contributed by atoms with van der Waals surface area (Å²) in [5.41, 5.74) is 4.17. The number of amides is 2. The highest BCUT2D eigenvalue weighted by molar-refractivity contribution is 5.90. The number of benzene rings is 2. The van der Waals surface area contributed by atoms with Gasteiger partial charge in [-0.05, 0) is 55.2 Å². The summed E-state index contributed by atoms with van der Waals surface area (Å²) in [7, 11) is 0. The number of aromatic nitrogens is 2. The summed E-state index contributed by atoms with van der Waals surface area (Å²) in [5, 5.41) is 7.23. The molecule has 2 fully saturated rings. The van der Waals surface area contributed by atoms with Crippen LogP contribution in [0.4, 0.5) is 16.2 Å². The maximum Gasteiger partial charge on any atom is 0.321 e. The molecule has 2 aromatic carbocycles. The lowest BCUT2D eigenvalue weighted by molar-refractivity contribution is 0.208. The lowest BCUT2D eigenvalue weighted by Crippen LogP contribution is -2.50. The van der Waals surface area contributed by atoms with Gasteiger partial charge in [0.2, 0.25) is 11.7 Å². The quantitative estimate of drug-likeness (QED) is 0.621. The Kier molecular flexibility index (Phi) is 5.79. The van der Waals surface area contributed by atoms with Crippen LogP contribution in [0.25, 0.3) is 11.4 Å².